The minimum Gasteiger partial charge on any atom is -0.392 e. The summed E-state index contributed by atoms with van der Waals surface area (Å²) < 4.78 is 0. The van der Waals surface area contributed by atoms with Crippen LogP contribution in [0.5, 0.6) is 0 Å². The van der Waals surface area contributed by atoms with Gasteiger partial charge >= 0.3 is 17.0 Å². The zero-order valence-electron chi connectivity index (χ0n) is 52.2. The average Bonchev–Trinajstić information content (AvgIpc) is 4.12. The van der Waals surface area contributed by atoms with Crippen molar-refractivity contribution in [3.8, 4) is 0 Å². The molecule has 1 saturated carbocycles. The molecule has 0 spiro atoms. The van der Waals surface area contributed by atoms with Gasteiger partial charge in [-0.15, -0.1) is 0 Å². The van der Waals surface area contributed by atoms with E-state index in [1.807, 2.05) is 163 Å². The Kier molecular flexibility index (Phi) is 27.1. The van der Waals surface area contributed by atoms with Gasteiger partial charge in [0, 0.05) is 48.5 Å². The summed E-state index contributed by atoms with van der Waals surface area (Å²) in [5.41, 5.74) is -0.849. The van der Waals surface area contributed by atoms with Crippen LogP contribution in [0.15, 0.2) is 119 Å². The first-order valence-corrected chi connectivity index (χ1v) is 29.9. The molecule has 0 amide bonds. The summed E-state index contributed by atoms with van der Waals surface area (Å²) in [4.78, 5) is 75.6. The molecule has 0 aromatic carbocycles. The van der Waals surface area contributed by atoms with E-state index in [4.69, 9.17) is 52.6 Å². The maximum absolute atomic E-state index is 11.9. The standard InChI is InChI=1S/2C13H14N2O.C13H12N2O.C12H13NO.C12H11NO.4C2H6/c3*1-12-8-4-5-9-13(14-2,15-3)10(12)6-7-11(12)16;2*1-12-8-4-3-5-10(13-2)9(12)6-7-11(12)14;4*1-2/h6H,4-5,7-9H2,1H3;4-6,11,16H,7-9H2,1H3;4-6H,7-9H2,1H3;3-4,6,10H,5,7-8H2,1H3;3-6H,7-8H2,1H3;4*1-2H3/t;11-,12-;;10?,12-;;;;;/m.0.0...../s1. The largest absolute Gasteiger partial charge is 0.510 e. The number of ketones is 4. The number of fused-ring (bicyclic) bond motifs is 5. The number of hydrogen-bond donors (Lipinski definition) is 1. The van der Waals surface area contributed by atoms with E-state index in [-0.39, 0.29) is 34.6 Å². The second-order valence-electron chi connectivity index (χ2n) is 22.1. The molecule has 0 heterocycles. The number of aliphatic hydroxyl groups excluding tert-OH is 1. The molecule has 4 unspecified atom stereocenters. The molecule has 0 bridgehead atoms. The molecule has 13 heteroatoms. The Morgan fingerprint density at radius 2 is 0.869 bits per heavy atom. The molecule has 442 valence electrons. The monoisotopic (exact) mass is 1130 g/mol. The van der Waals surface area contributed by atoms with Crippen molar-refractivity contribution in [1.29, 1.82) is 0 Å². The lowest BCUT2D eigenvalue weighted by molar-refractivity contribution is -0.125. The minimum atomic E-state index is -1.17. The van der Waals surface area contributed by atoms with Gasteiger partial charge in [-0.2, -0.15) is 0 Å². The Hall–Kier alpha value is -8.04. The lowest BCUT2D eigenvalue weighted by Gasteiger charge is -2.29. The van der Waals surface area contributed by atoms with E-state index in [9.17, 15) is 24.3 Å². The highest BCUT2D eigenvalue weighted by Crippen LogP contribution is 2.54. The number of aliphatic hydroxyl groups is 1. The van der Waals surface area contributed by atoms with E-state index >= 15 is 0 Å². The van der Waals surface area contributed by atoms with Crippen LogP contribution in [0.4, 0.5) is 0 Å². The van der Waals surface area contributed by atoms with Crippen molar-refractivity contribution in [3.05, 3.63) is 210 Å². The third-order valence-corrected chi connectivity index (χ3v) is 17.7. The molecule has 0 aromatic heterocycles. The van der Waals surface area contributed by atoms with Gasteiger partial charge in [-0.1, -0.05) is 154 Å². The number of hydrogen-bond acceptors (Lipinski definition) is 5. The lowest BCUT2D eigenvalue weighted by atomic mass is 9.74. The fourth-order valence-corrected chi connectivity index (χ4v) is 12.5. The summed E-state index contributed by atoms with van der Waals surface area (Å²) in [5, 5.41) is 10.0. The molecule has 7 atom stereocenters. The van der Waals surface area contributed by atoms with E-state index in [0.717, 1.165) is 60.0 Å². The highest BCUT2D eigenvalue weighted by molar-refractivity contribution is 5.95. The van der Waals surface area contributed by atoms with Crippen molar-refractivity contribution in [3.63, 3.8) is 0 Å². The van der Waals surface area contributed by atoms with Gasteiger partial charge in [0.05, 0.1) is 28.9 Å². The molecule has 0 saturated heterocycles. The Bertz CT molecular complexity index is 3110. The Balaban J connectivity index is 0.000000348. The topological polar surface area (TPSA) is 123 Å². The first kappa shape index (κ1) is 72.1. The van der Waals surface area contributed by atoms with E-state index in [2.05, 4.69) is 38.8 Å². The maximum Gasteiger partial charge on any atom is 0.510 e. The van der Waals surface area contributed by atoms with Crippen molar-refractivity contribution < 1.29 is 24.3 Å². The molecule has 10 aliphatic rings. The summed E-state index contributed by atoms with van der Waals surface area (Å²) >= 11 is 0. The second-order valence-corrected chi connectivity index (χ2v) is 22.1. The second kappa shape index (κ2) is 31.6. The van der Waals surface area contributed by atoms with Gasteiger partial charge in [0.25, 0.3) is 0 Å². The van der Waals surface area contributed by atoms with Gasteiger partial charge in [-0.3, -0.25) is 19.2 Å². The van der Waals surface area contributed by atoms with Gasteiger partial charge in [-0.25, -0.2) is 79.9 Å². The van der Waals surface area contributed by atoms with Crippen LogP contribution in [0.3, 0.4) is 0 Å². The van der Waals surface area contributed by atoms with Crippen LogP contribution >= 0.6 is 0 Å². The maximum atomic E-state index is 11.9. The third-order valence-electron chi connectivity index (χ3n) is 17.7. The molecule has 10 aliphatic carbocycles. The van der Waals surface area contributed by atoms with Crippen molar-refractivity contribution >= 4 is 23.1 Å². The molecule has 1 N–H and O–H groups in total. The number of carbonyl (C=O) groups is 4. The normalized spacial score (nSPS) is 30.0. The summed E-state index contributed by atoms with van der Waals surface area (Å²) in [7, 11) is 0. The lowest BCUT2D eigenvalue weighted by Crippen LogP contribution is -2.36. The van der Waals surface area contributed by atoms with Crippen LogP contribution in [-0.2, 0) is 19.2 Å². The van der Waals surface area contributed by atoms with E-state index < -0.39 is 44.8 Å². The van der Waals surface area contributed by atoms with Crippen LogP contribution < -0.4 is 0 Å². The van der Waals surface area contributed by atoms with Crippen molar-refractivity contribution in [2.75, 3.05) is 0 Å². The molecule has 84 heavy (non-hydrogen) atoms. The number of nitrogens with zero attached hydrogens (tertiary/aromatic N) is 8. The van der Waals surface area contributed by atoms with Crippen LogP contribution in [0.2, 0.25) is 0 Å². The van der Waals surface area contributed by atoms with Gasteiger partial charge < -0.3 is 9.95 Å². The van der Waals surface area contributed by atoms with E-state index in [1.165, 1.54) is 0 Å². The number of rotatable bonds is 0. The fourth-order valence-electron chi connectivity index (χ4n) is 12.5. The van der Waals surface area contributed by atoms with Gasteiger partial charge in [0.15, 0.2) is 5.70 Å². The number of Topliss-reactive ketones (excluding diaryl/α,β-unsaturated/α-hetero) is 4. The highest BCUT2D eigenvalue weighted by atomic mass is 16.3. The quantitative estimate of drug-likeness (QED) is 0.191. The van der Waals surface area contributed by atoms with Gasteiger partial charge in [0.1, 0.15) is 59.1 Å². The minimum absolute atomic E-state index is 0.106. The molecule has 0 aromatic rings. The molecule has 0 aliphatic heterocycles. The third kappa shape index (κ3) is 14.0. The summed E-state index contributed by atoms with van der Waals surface area (Å²) in [6.07, 6.45) is 36.2. The van der Waals surface area contributed by atoms with Crippen LogP contribution in [0, 0.1) is 79.7 Å². The van der Waals surface area contributed by atoms with Crippen LogP contribution in [0.25, 0.3) is 38.8 Å². The Morgan fingerprint density at radius 3 is 1.42 bits per heavy atom. The first-order chi connectivity index (χ1) is 40.1. The van der Waals surface area contributed by atoms with Crippen LogP contribution in [0.1, 0.15) is 193 Å². The Labute approximate surface area is 504 Å². The first-order valence-electron chi connectivity index (χ1n) is 29.9. The SMILES string of the molecule is CC.CC.CC.CC.[C-]#[N+]C1([N+]#[C-])CC=CCC2(C)C(=O)CC=C12.[C-]#[N+]C1([N+]#[C-])CC=CC[C@@]2(C)C1=CC[C@@H]2O.[C-]#[N+]C1([N+]#[C-])CCCCC2(C)C(=O)CC=C12.[C-]#[N+]C1=CC=CCC2(C)C(=O)CC=C12.[C-]#[N+]C1CC=CC[C@]2(C)C(=O)CC=C12. The zero-order chi connectivity index (χ0) is 63.8. The predicted octanol–water partition coefficient (Wildman–Crippen LogP) is 17.6. The molecular weight excluding hydrogens is 1040 g/mol. The Morgan fingerprint density at radius 1 is 0.440 bits per heavy atom. The average molecular weight is 1130 g/mol. The molecule has 0 radical (unpaired) electrons. The van der Waals surface area contributed by atoms with Gasteiger partial charge in [0.2, 0.25) is 6.04 Å². The van der Waals surface area contributed by atoms with Crippen LogP contribution in [-0.4, -0.2) is 57.4 Å². The predicted molar refractivity (Wildman–Crippen MR) is 336 cm³/mol. The molecule has 10 rings (SSSR count). The summed E-state index contributed by atoms with van der Waals surface area (Å²) in [5.74, 6) is 0.813. The fraction of sp³-hybridized carbons (Fsp3) is 0.549. The van der Waals surface area contributed by atoms with Gasteiger partial charge in [-0.05, 0) is 78.2 Å². The summed E-state index contributed by atoms with van der Waals surface area (Å²) in [6.45, 7) is 83.6. The smallest absolute Gasteiger partial charge is 0.392 e. The highest BCUT2D eigenvalue weighted by Gasteiger charge is 2.62. The number of carbonyl (C=O) groups excluding carboxylic acids is 4. The van der Waals surface area contributed by atoms with E-state index in [1.54, 1.807) is 12.2 Å². The molecule has 1 fully saturated rings. The zero-order valence-corrected chi connectivity index (χ0v) is 52.2. The molecular formula is C71H88N8O5. The van der Waals surface area contributed by atoms with Crippen molar-refractivity contribution in [2.24, 2.45) is 27.1 Å². The summed E-state index contributed by atoms with van der Waals surface area (Å²) in [6, 6.07) is -0.106. The number of allylic oxidation sites excluding steroid dienone is 11. The van der Waals surface area contributed by atoms with Crippen molar-refractivity contribution in [1.82, 2.24) is 0 Å². The molecule has 13 nitrogen and oxygen atoms in total. The van der Waals surface area contributed by atoms with Crippen molar-refractivity contribution in [2.45, 2.75) is 222 Å². The van der Waals surface area contributed by atoms with E-state index in [0.29, 0.717) is 76.3 Å².